The number of nitrogens with two attached hydrogens (primary N) is 1. The number of benzene rings is 3. The molecule has 3 aromatic rings. The maximum Gasteiger partial charge on any atom is 0.247 e. The Balaban J connectivity index is 1.47. The molecular weight excluding hydrogens is 428 g/mol. The number of rotatable bonds is 5. The van der Waals surface area contributed by atoms with Crippen LogP contribution in [0.1, 0.15) is 12.0 Å². The van der Waals surface area contributed by atoms with Gasteiger partial charge < -0.3 is 15.6 Å². The van der Waals surface area contributed by atoms with Crippen molar-refractivity contribution in [2.24, 2.45) is 15.9 Å². The van der Waals surface area contributed by atoms with E-state index in [1.54, 1.807) is 37.4 Å². The molecule has 4 rings (SSSR count). The number of phenols is 1. The number of amides is 2. The lowest BCUT2D eigenvalue weighted by Gasteiger charge is -2.15. The van der Waals surface area contributed by atoms with Crippen molar-refractivity contribution >= 4 is 51.4 Å². The Morgan fingerprint density at radius 2 is 1.91 bits per heavy atom. The number of nitrogens with zero attached hydrogens (tertiary/aromatic N) is 3. The van der Waals surface area contributed by atoms with Crippen LogP contribution < -0.4 is 15.4 Å². The molecule has 1 fully saturated rings. The van der Waals surface area contributed by atoms with Crippen molar-refractivity contribution in [3.63, 3.8) is 0 Å². The molecule has 8 nitrogen and oxygen atoms in total. The van der Waals surface area contributed by atoms with E-state index in [0.717, 1.165) is 27.4 Å². The topological polar surface area (TPSA) is 118 Å². The van der Waals surface area contributed by atoms with Crippen LogP contribution in [-0.4, -0.2) is 40.7 Å². The summed E-state index contributed by atoms with van der Waals surface area (Å²) in [6.45, 7) is 0. The minimum Gasteiger partial charge on any atom is -0.507 e. The van der Waals surface area contributed by atoms with Gasteiger partial charge in [0, 0.05) is 12.0 Å². The summed E-state index contributed by atoms with van der Waals surface area (Å²) in [5.74, 6) is 0.0273. The largest absolute Gasteiger partial charge is 0.507 e. The predicted molar refractivity (Wildman–Crippen MR) is 126 cm³/mol. The number of carbonyl (C=O) groups is 2. The summed E-state index contributed by atoms with van der Waals surface area (Å²) >= 11 is 0.983. The van der Waals surface area contributed by atoms with Gasteiger partial charge in [-0.2, -0.15) is 5.10 Å². The minimum absolute atomic E-state index is 0.0135. The maximum atomic E-state index is 12.8. The SMILES string of the molecule is COc1ccc(N2C(=O)C[C@H](S/C(N)=N\N=Cc3c(O)ccc4ccccc34)C2=O)cc1. The third-order valence-corrected chi connectivity index (χ3v) is 5.97. The molecule has 0 spiro atoms. The Kier molecular flexibility index (Phi) is 6.09. The predicted octanol–water partition coefficient (Wildman–Crippen LogP) is 3.27. The molecule has 2 amide bonds. The number of fused-ring (bicyclic) bond motifs is 1. The van der Waals surface area contributed by atoms with Crippen LogP contribution in [0.2, 0.25) is 0 Å². The van der Waals surface area contributed by atoms with Crippen molar-refractivity contribution < 1.29 is 19.4 Å². The molecule has 0 aromatic heterocycles. The number of ether oxygens (including phenoxy) is 1. The zero-order valence-electron chi connectivity index (χ0n) is 17.1. The number of amidine groups is 1. The summed E-state index contributed by atoms with van der Waals surface area (Å²) in [6.07, 6.45) is 1.43. The molecule has 0 radical (unpaired) electrons. The van der Waals surface area contributed by atoms with E-state index in [1.165, 1.54) is 6.21 Å². The van der Waals surface area contributed by atoms with Crippen LogP contribution in [0.15, 0.2) is 70.9 Å². The van der Waals surface area contributed by atoms with Crippen molar-refractivity contribution in [1.82, 2.24) is 0 Å². The van der Waals surface area contributed by atoms with Gasteiger partial charge in [-0.05, 0) is 41.1 Å². The number of phenolic OH excluding ortho intramolecular Hbond substituents is 1. The standard InChI is InChI=1S/C23H20N4O4S/c1-31-16-9-7-15(8-10-16)27-21(29)12-20(22(27)30)32-23(24)26-25-13-18-17-5-3-2-4-14(17)6-11-19(18)28/h2-11,13,20,28H,12H2,1H3,(H2,24,26)/t20-/m0/s1. The number of carbonyl (C=O) groups excluding carboxylic acids is 2. The zero-order valence-corrected chi connectivity index (χ0v) is 18.0. The van der Waals surface area contributed by atoms with Crippen molar-refractivity contribution in [3.05, 3.63) is 66.2 Å². The van der Waals surface area contributed by atoms with Gasteiger partial charge in [-0.15, -0.1) is 5.10 Å². The van der Waals surface area contributed by atoms with E-state index in [2.05, 4.69) is 10.2 Å². The van der Waals surface area contributed by atoms with E-state index in [9.17, 15) is 14.7 Å². The third-order valence-electron chi connectivity index (χ3n) is 4.99. The Labute approximate surface area is 188 Å². The number of hydrogen-bond acceptors (Lipinski definition) is 7. The van der Waals surface area contributed by atoms with E-state index in [4.69, 9.17) is 10.5 Å². The average Bonchev–Trinajstić information content (AvgIpc) is 3.08. The molecule has 0 aliphatic carbocycles. The molecular formula is C23H20N4O4S. The number of methoxy groups -OCH3 is 1. The molecule has 0 unspecified atom stereocenters. The fraction of sp³-hybridized carbons (Fsp3) is 0.130. The van der Waals surface area contributed by atoms with Crippen molar-refractivity contribution in [2.75, 3.05) is 12.0 Å². The number of aromatic hydroxyl groups is 1. The van der Waals surface area contributed by atoms with E-state index in [1.807, 2.05) is 30.3 Å². The van der Waals surface area contributed by atoms with Gasteiger partial charge in [-0.25, -0.2) is 4.90 Å². The summed E-state index contributed by atoms with van der Waals surface area (Å²) in [6, 6.07) is 17.6. The summed E-state index contributed by atoms with van der Waals surface area (Å²) in [7, 11) is 1.54. The van der Waals surface area contributed by atoms with Gasteiger partial charge in [-0.3, -0.25) is 9.59 Å². The van der Waals surface area contributed by atoms with Crippen LogP contribution in [0.3, 0.4) is 0 Å². The Hall–Kier alpha value is -3.85. The van der Waals surface area contributed by atoms with Crippen LogP contribution >= 0.6 is 11.8 Å². The number of imide groups is 1. The second kappa shape index (κ2) is 9.11. The smallest absolute Gasteiger partial charge is 0.247 e. The minimum atomic E-state index is -0.686. The molecule has 1 saturated heterocycles. The van der Waals surface area contributed by atoms with Crippen LogP contribution in [0.25, 0.3) is 10.8 Å². The van der Waals surface area contributed by atoms with Gasteiger partial charge >= 0.3 is 0 Å². The van der Waals surface area contributed by atoms with Gasteiger partial charge in [0.25, 0.3) is 0 Å². The van der Waals surface area contributed by atoms with Gasteiger partial charge in [0.1, 0.15) is 16.7 Å². The molecule has 0 saturated carbocycles. The van der Waals surface area contributed by atoms with E-state index in [-0.39, 0.29) is 29.2 Å². The molecule has 1 heterocycles. The fourth-order valence-electron chi connectivity index (χ4n) is 3.43. The first-order valence-electron chi connectivity index (χ1n) is 9.72. The molecule has 1 aliphatic rings. The molecule has 9 heteroatoms. The Morgan fingerprint density at radius 3 is 2.66 bits per heavy atom. The van der Waals surface area contributed by atoms with Gasteiger partial charge in [-0.1, -0.05) is 42.1 Å². The van der Waals surface area contributed by atoms with E-state index < -0.39 is 5.25 Å². The molecule has 1 atom stereocenters. The quantitative estimate of drug-likeness (QED) is 0.268. The van der Waals surface area contributed by atoms with Gasteiger partial charge in [0.2, 0.25) is 11.8 Å². The van der Waals surface area contributed by atoms with Crippen molar-refractivity contribution in [1.29, 1.82) is 0 Å². The number of anilines is 1. The van der Waals surface area contributed by atoms with Gasteiger partial charge in [0.15, 0.2) is 5.17 Å². The number of thioether (sulfide) groups is 1. The van der Waals surface area contributed by atoms with Crippen LogP contribution in [-0.2, 0) is 9.59 Å². The van der Waals surface area contributed by atoms with Crippen molar-refractivity contribution in [2.45, 2.75) is 11.7 Å². The summed E-state index contributed by atoms with van der Waals surface area (Å²) in [4.78, 5) is 26.3. The van der Waals surface area contributed by atoms with E-state index >= 15 is 0 Å². The molecule has 3 N–H and O–H groups in total. The first-order valence-corrected chi connectivity index (χ1v) is 10.6. The highest BCUT2D eigenvalue weighted by Gasteiger charge is 2.40. The average molecular weight is 449 g/mol. The summed E-state index contributed by atoms with van der Waals surface area (Å²) < 4.78 is 5.11. The normalized spacial score (nSPS) is 17.0. The molecule has 32 heavy (non-hydrogen) atoms. The van der Waals surface area contributed by atoms with Gasteiger partial charge in [0.05, 0.1) is 19.0 Å². The second-order valence-corrected chi connectivity index (χ2v) is 8.20. The van der Waals surface area contributed by atoms with E-state index in [0.29, 0.717) is 17.0 Å². The Bertz CT molecular complexity index is 1240. The Morgan fingerprint density at radius 1 is 1.16 bits per heavy atom. The summed E-state index contributed by atoms with van der Waals surface area (Å²) in [5, 5.41) is 19.2. The molecule has 162 valence electrons. The summed E-state index contributed by atoms with van der Waals surface area (Å²) in [5.41, 5.74) is 6.93. The lowest BCUT2D eigenvalue weighted by atomic mass is 10.0. The first kappa shape index (κ1) is 21.4. The molecule has 1 aliphatic heterocycles. The third kappa shape index (κ3) is 4.28. The lowest BCUT2D eigenvalue weighted by Crippen LogP contribution is -2.31. The fourth-order valence-corrected chi connectivity index (χ4v) is 4.25. The van der Waals surface area contributed by atoms with Crippen LogP contribution in [0, 0.1) is 0 Å². The highest BCUT2D eigenvalue weighted by Crippen LogP contribution is 2.31. The lowest BCUT2D eigenvalue weighted by molar-refractivity contribution is -0.121. The number of hydrogen-bond donors (Lipinski definition) is 2. The highest BCUT2D eigenvalue weighted by molar-refractivity contribution is 8.14. The molecule has 3 aromatic carbocycles. The highest BCUT2D eigenvalue weighted by atomic mass is 32.2. The van der Waals surface area contributed by atoms with Crippen LogP contribution in [0.4, 0.5) is 5.69 Å². The monoisotopic (exact) mass is 448 g/mol. The second-order valence-electron chi connectivity index (χ2n) is 6.98. The van der Waals surface area contributed by atoms with Crippen molar-refractivity contribution in [3.8, 4) is 11.5 Å². The van der Waals surface area contributed by atoms with Crippen LogP contribution in [0.5, 0.6) is 11.5 Å². The molecule has 0 bridgehead atoms. The first-order chi connectivity index (χ1) is 15.5. The maximum absolute atomic E-state index is 12.8. The zero-order chi connectivity index (χ0) is 22.7.